The van der Waals surface area contributed by atoms with Crippen LogP contribution < -0.4 is 10.6 Å². The fraction of sp³-hybridized carbons (Fsp3) is 0.562. The van der Waals surface area contributed by atoms with E-state index < -0.39 is 11.6 Å². The molecule has 4 nitrogen and oxygen atoms in total. The Morgan fingerprint density at radius 1 is 1.36 bits per heavy atom. The summed E-state index contributed by atoms with van der Waals surface area (Å²) >= 11 is 0. The van der Waals surface area contributed by atoms with E-state index in [-0.39, 0.29) is 24.6 Å². The number of amides is 2. The van der Waals surface area contributed by atoms with Gasteiger partial charge in [0.05, 0.1) is 6.10 Å². The summed E-state index contributed by atoms with van der Waals surface area (Å²) in [4.78, 5) is 11.7. The molecule has 1 fully saturated rings. The summed E-state index contributed by atoms with van der Waals surface area (Å²) in [7, 11) is 0. The van der Waals surface area contributed by atoms with Crippen molar-refractivity contribution in [3.8, 4) is 0 Å². The predicted octanol–water partition coefficient (Wildman–Crippen LogP) is 2.53. The third kappa shape index (κ3) is 4.66. The number of carbonyl (C=O) groups excluding carboxylic acids is 1. The number of nitrogens with one attached hydrogen (secondary N) is 2. The largest absolute Gasteiger partial charge is 0.393 e. The van der Waals surface area contributed by atoms with E-state index in [1.165, 1.54) is 12.1 Å². The van der Waals surface area contributed by atoms with E-state index in [4.69, 9.17) is 0 Å². The first-order valence-corrected chi connectivity index (χ1v) is 7.60. The molecule has 3 N–H and O–H groups in total. The second-order valence-corrected chi connectivity index (χ2v) is 5.99. The van der Waals surface area contributed by atoms with Crippen LogP contribution in [0.2, 0.25) is 0 Å². The standard InChI is InChI=1S/C16H22F2N2O2/c1-10(14-5-3-12(17)7-15(14)18)8-19-16(22)20-9-11-2-4-13(21)6-11/h3,5,7,10-11,13,21H,2,4,6,8-9H2,1H3,(H2,19,20,22)/t10-,11-,13-/m1/s1. The lowest BCUT2D eigenvalue weighted by atomic mass is 10.0. The SMILES string of the molecule is C[C@H](CNC(=O)NC[C@@H]1CC[C@@H](O)C1)c1ccc(F)cc1F. The quantitative estimate of drug-likeness (QED) is 0.782. The molecule has 0 aromatic heterocycles. The van der Waals surface area contributed by atoms with Crippen LogP contribution in [0.25, 0.3) is 0 Å². The molecule has 1 aliphatic rings. The lowest BCUT2D eigenvalue weighted by Gasteiger charge is -2.16. The van der Waals surface area contributed by atoms with Crippen molar-refractivity contribution < 1.29 is 18.7 Å². The number of urea groups is 1. The number of rotatable bonds is 5. The molecule has 122 valence electrons. The summed E-state index contributed by atoms with van der Waals surface area (Å²) in [6.45, 7) is 2.56. The first kappa shape index (κ1) is 16.7. The summed E-state index contributed by atoms with van der Waals surface area (Å²) in [5.41, 5.74) is 0.376. The molecule has 2 rings (SSSR count). The van der Waals surface area contributed by atoms with Gasteiger partial charge in [-0.05, 0) is 36.8 Å². The molecule has 0 spiro atoms. The van der Waals surface area contributed by atoms with Crippen molar-refractivity contribution in [2.75, 3.05) is 13.1 Å². The molecule has 2 amide bonds. The van der Waals surface area contributed by atoms with Crippen molar-refractivity contribution in [1.82, 2.24) is 10.6 Å². The van der Waals surface area contributed by atoms with Crippen molar-refractivity contribution in [2.45, 2.75) is 38.2 Å². The number of aliphatic hydroxyl groups excluding tert-OH is 1. The van der Waals surface area contributed by atoms with Gasteiger partial charge in [0, 0.05) is 25.1 Å². The molecule has 1 aliphatic carbocycles. The molecule has 0 radical (unpaired) electrons. The summed E-state index contributed by atoms with van der Waals surface area (Å²) in [5.74, 6) is -1.15. The van der Waals surface area contributed by atoms with Crippen LogP contribution in [0.15, 0.2) is 18.2 Å². The van der Waals surface area contributed by atoms with Crippen LogP contribution in [0, 0.1) is 17.6 Å². The highest BCUT2D eigenvalue weighted by molar-refractivity contribution is 5.73. The number of carbonyl (C=O) groups is 1. The third-order valence-corrected chi connectivity index (χ3v) is 4.13. The van der Waals surface area contributed by atoms with E-state index in [1.54, 1.807) is 6.92 Å². The molecule has 1 saturated carbocycles. The number of aliphatic hydroxyl groups is 1. The van der Waals surface area contributed by atoms with Crippen molar-refractivity contribution in [1.29, 1.82) is 0 Å². The van der Waals surface area contributed by atoms with Crippen LogP contribution in [-0.2, 0) is 0 Å². The highest BCUT2D eigenvalue weighted by Gasteiger charge is 2.23. The molecule has 0 aliphatic heterocycles. The molecule has 0 saturated heterocycles. The van der Waals surface area contributed by atoms with E-state index in [9.17, 15) is 18.7 Å². The molecule has 22 heavy (non-hydrogen) atoms. The van der Waals surface area contributed by atoms with Crippen molar-refractivity contribution in [2.24, 2.45) is 5.92 Å². The van der Waals surface area contributed by atoms with E-state index in [2.05, 4.69) is 10.6 Å². The molecule has 6 heteroatoms. The van der Waals surface area contributed by atoms with E-state index in [0.29, 0.717) is 18.0 Å². The van der Waals surface area contributed by atoms with Gasteiger partial charge >= 0.3 is 6.03 Å². The van der Waals surface area contributed by atoms with Gasteiger partial charge in [0.2, 0.25) is 0 Å². The van der Waals surface area contributed by atoms with Gasteiger partial charge in [-0.15, -0.1) is 0 Å². The van der Waals surface area contributed by atoms with Gasteiger partial charge in [-0.25, -0.2) is 13.6 Å². The lowest BCUT2D eigenvalue weighted by Crippen LogP contribution is -2.39. The highest BCUT2D eigenvalue weighted by Crippen LogP contribution is 2.24. The van der Waals surface area contributed by atoms with Crippen LogP contribution in [0.5, 0.6) is 0 Å². The van der Waals surface area contributed by atoms with Crippen LogP contribution in [0.1, 0.15) is 37.7 Å². The zero-order valence-electron chi connectivity index (χ0n) is 12.6. The number of hydrogen-bond acceptors (Lipinski definition) is 2. The molecular formula is C16H22F2N2O2. The summed E-state index contributed by atoms with van der Waals surface area (Å²) in [6.07, 6.45) is 2.17. The smallest absolute Gasteiger partial charge is 0.314 e. The lowest BCUT2D eigenvalue weighted by molar-refractivity contribution is 0.177. The van der Waals surface area contributed by atoms with Crippen LogP contribution in [0.3, 0.4) is 0 Å². The Bertz CT molecular complexity index is 525. The van der Waals surface area contributed by atoms with E-state index >= 15 is 0 Å². The number of benzene rings is 1. The van der Waals surface area contributed by atoms with Gasteiger partial charge < -0.3 is 15.7 Å². The van der Waals surface area contributed by atoms with E-state index in [1.807, 2.05) is 0 Å². The fourth-order valence-corrected chi connectivity index (χ4v) is 2.79. The summed E-state index contributed by atoms with van der Waals surface area (Å²) < 4.78 is 26.5. The van der Waals surface area contributed by atoms with Crippen molar-refractivity contribution >= 4 is 6.03 Å². The van der Waals surface area contributed by atoms with Gasteiger partial charge in [-0.2, -0.15) is 0 Å². The average molecular weight is 312 g/mol. The van der Waals surface area contributed by atoms with E-state index in [0.717, 1.165) is 25.3 Å². The fourth-order valence-electron chi connectivity index (χ4n) is 2.79. The summed E-state index contributed by atoms with van der Waals surface area (Å²) in [6, 6.07) is 3.14. The molecule has 0 heterocycles. The molecule has 1 aromatic carbocycles. The first-order valence-electron chi connectivity index (χ1n) is 7.60. The topological polar surface area (TPSA) is 61.4 Å². The Labute approximate surface area is 128 Å². The number of hydrogen-bond donors (Lipinski definition) is 3. The Kier molecular flexibility index (Phi) is 5.71. The molecular weight excluding hydrogens is 290 g/mol. The molecule has 0 bridgehead atoms. The van der Waals surface area contributed by atoms with Gasteiger partial charge in [-0.1, -0.05) is 13.0 Å². The average Bonchev–Trinajstić information content (AvgIpc) is 2.88. The number of halogens is 2. The minimum atomic E-state index is -0.613. The first-order chi connectivity index (χ1) is 10.5. The summed E-state index contributed by atoms with van der Waals surface area (Å²) in [5, 5.41) is 14.9. The molecule has 3 atom stereocenters. The monoisotopic (exact) mass is 312 g/mol. The Morgan fingerprint density at radius 2 is 2.14 bits per heavy atom. The highest BCUT2D eigenvalue weighted by atomic mass is 19.1. The normalized spacial score (nSPS) is 22.4. The molecule has 1 aromatic rings. The maximum atomic E-state index is 13.6. The second-order valence-electron chi connectivity index (χ2n) is 5.99. The Hall–Kier alpha value is -1.69. The second kappa shape index (κ2) is 7.54. The zero-order valence-corrected chi connectivity index (χ0v) is 12.6. The molecule has 0 unspecified atom stereocenters. The van der Waals surface area contributed by atoms with Crippen molar-refractivity contribution in [3.05, 3.63) is 35.4 Å². The van der Waals surface area contributed by atoms with Gasteiger partial charge in [0.25, 0.3) is 0 Å². The van der Waals surface area contributed by atoms with Gasteiger partial charge in [0.1, 0.15) is 11.6 Å². The van der Waals surface area contributed by atoms with Gasteiger partial charge in [0.15, 0.2) is 0 Å². The van der Waals surface area contributed by atoms with Crippen LogP contribution in [0.4, 0.5) is 13.6 Å². The Morgan fingerprint density at radius 3 is 2.77 bits per heavy atom. The third-order valence-electron chi connectivity index (χ3n) is 4.13. The Balaban J connectivity index is 1.73. The van der Waals surface area contributed by atoms with Crippen molar-refractivity contribution in [3.63, 3.8) is 0 Å². The van der Waals surface area contributed by atoms with Crippen LogP contribution in [-0.4, -0.2) is 30.3 Å². The minimum absolute atomic E-state index is 0.250. The van der Waals surface area contributed by atoms with Gasteiger partial charge in [-0.3, -0.25) is 0 Å². The van der Waals surface area contributed by atoms with Crippen LogP contribution >= 0.6 is 0 Å². The predicted molar refractivity (Wildman–Crippen MR) is 79.5 cm³/mol. The maximum Gasteiger partial charge on any atom is 0.314 e. The maximum absolute atomic E-state index is 13.6. The zero-order chi connectivity index (χ0) is 16.1. The minimum Gasteiger partial charge on any atom is -0.393 e.